The van der Waals surface area contributed by atoms with Gasteiger partial charge in [0, 0.05) is 5.69 Å². The maximum absolute atomic E-state index is 11.9. The van der Waals surface area contributed by atoms with Crippen LogP contribution in [0.5, 0.6) is 5.75 Å². The molecule has 0 heterocycles. The van der Waals surface area contributed by atoms with E-state index in [1.54, 1.807) is 6.07 Å². The van der Waals surface area contributed by atoms with Crippen LogP contribution in [0.15, 0.2) is 42.5 Å². The molecule has 0 aliphatic heterocycles. The first kappa shape index (κ1) is 16.8. The van der Waals surface area contributed by atoms with Crippen molar-refractivity contribution in [2.75, 3.05) is 11.9 Å². The monoisotopic (exact) mass is 332 g/mol. The van der Waals surface area contributed by atoms with Crippen molar-refractivity contribution in [3.8, 4) is 5.75 Å². The molecule has 6 heteroatoms. The van der Waals surface area contributed by atoms with E-state index in [2.05, 4.69) is 12.2 Å². The number of aryl methyl sites for hydroxylation is 1. The highest BCUT2D eigenvalue weighted by atomic mass is 35.5. The quantitative estimate of drug-likeness (QED) is 0.853. The molecular weight excluding hydrogens is 316 g/mol. The molecule has 0 spiro atoms. The Morgan fingerprint density at radius 1 is 1.17 bits per heavy atom. The number of hydrogen-bond acceptors (Lipinski definition) is 3. The van der Waals surface area contributed by atoms with Crippen LogP contribution in [-0.2, 0) is 11.2 Å². The molecular formula is C17H17ClN2O3. The van der Waals surface area contributed by atoms with E-state index in [0.717, 1.165) is 6.42 Å². The minimum atomic E-state index is -0.619. The lowest BCUT2D eigenvalue weighted by Gasteiger charge is -2.09. The average molecular weight is 333 g/mol. The number of carbonyl (C=O) groups excluding carboxylic acids is 2. The van der Waals surface area contributed by atoms with Gasteiger partial charge < -0.3 is 15.8 Å². The predicted octanol–water partition coefficient (Wildman–Crippen LogP) is 3.02. The van der Waals surface area contributed by atoms with Gasteiger partial charge in [0.25, 0.3) is 5.91 Å². The van der Waals surface area contributed by atoms with Crippen LogP contribution in [0.1, 0.15) is 22.8 Å². The number of carbonyl (C=O) groups is 2. The van der Waals surface area contributed by atoms with Gasteiger partial charge in [-0.05, 0) is 42.3 Å². The molecule has 23 heavy (non-hydrogen) atoms. The van der Waals surface area contributed by atoms with Gasteiger partial charge in [-0.2, -0.15) is 0 Å². The van der Waals surface area contributed by atoms with Gasteiger partial charge in [-0.15, -0.1) is 0 Å². The molecule has 0 atom stereocenters. The maximum Gasteiger partial charge on any atom is 0.262 e. The van der Waals surface area contributed by atoms with Crippen LogP contribution < -0.4 is 15.8 Å². The van der Waals surface area contributed by atoms with E-state index in [0.29, 0.717) is 11.4 Å². The van der Waals surface area contributed by atoms with Crippen LogP contribution in [0.25, 0.3) is 0 Å². The zero-order valence-electron chi connectivity index (χ0n) is 12.6. The van der Waals surface area contributed by atoms with Gasteiger partial charge in [0.1, 0.15) is 5.75 Å². The van der Waals surface area contributed by atoms with Crippen LogP contribution in [0.3, 0.4) is 0 Å². The van der Waals surface area contributed by atoms with Crippen molar-refractivity contribution in [3.05, 3.63) is 58.6 Å². The van der Waals surface area contributed by atoms with Gasteiger partial charge in [0.15, 0.2) is 6.61 Å². The molecule has 3 N–H and O–H groups in total. The number of halogens is 1. The van der Waals surface area contributed by atoms with Gasteiger partial charge in [-0.25, -0.2) is 0 Å². The summed E-state index contributed by atoms with van der Waals surface area (Å²) in [7, 11) is 0. The molecule has 2 rings (SSSR count). The number of nitrogens with one attached hydrogen (secondary N) is 1. The van der Waals surface area contributed by atoms with E-state index in [4.69, 9.17) is 22.1 Å². The molecule has 2 aromatic carbocycles. The van der Waals surface area contributed by atoms with Crippen molar-refractivity contribution < 1.29 is 14.3 Å². The maximum atomic E-state index is 11.9. The molecule has 0 fully saturated rings. The number of amides is 2. The van der Waals surface area contributed by atoms with E-state index in [-0.39, 0.29) is 23.1 Å². The number of hydrogen-bond donors (Lipinski definition) is 2. The minimum Gasteiger partial charge on any atom is -0.484 e. The Hall–Kier alpha value is -2.53. The van der Waals surface area contributed by atoms with Crippen LogP contribution in [0.4, 0.5) is 5.69 Å². The fourth-order valence-electron chi connectivity index (χ4n) is 1.96. The number of nitrogens with two attached hydrogens (primary N) is 1. The molecule has 0 aromatic heterocycles. The second-order valence-corrected chi connectivity index (χ2v) is 5.30. The first-order valence-corrected chi connectivity index (χ1v) is 7.48. The molecule has 0 saturated heterocycles. The van der Waals surface area contributed by atoms with Crippen LogP contribution in [-0.4, -0.2) is 18.4 Å². The summed E-state index contributed by atoms with van der Waals surface area (Å²) < 4.78 is 5.41. The molecule has 0 saturated carbocycles. The standard InChI is InChI=1S/C17H17ClN2O3/c1-2-11-3-6-13(7-4-11)23-10-16(21)20-12-5-8-14(17(19)22)15(18)9-12/h3-9H,2,10H2,1H3,(H2,19,22)(H,20,21). The lowest BCUT2D eigenvalue weighted by atomic mass is 10.2. The summed E-state index contributed by atoms with van der Waals surface area (Å²) in [6.45, 7) is 1.94. The lowest BCUT2D eigenvalue weighted by Crippen LogP contribution is -2.20. The largest absolute Gasteiger partial charge is 0.484 e. The van der Waals surface area contributed by atoms with Gasteiger partial charge in [-0.3, -0.25) is 9.59 Å². The molecule has 0 bridgehead atoms. The third-order valence-electron chi connectivity index (χ3n) is 3.22. The molecule has 0 unspecified atom stereocenters. The van der Waals surface area contributed by atoms with Crippen molar-refractivity contribution in [2.24, 2.45) is 5.73 Å². The van der Waals surface area contributed by atoms with E-state index in [1.807, 2.05) is 24.3 Å². The molecule has 0 radical (unpaired) electrons. The van der Waals surface area contributed by atoms with E-state index in [1.165, 1.54) is 17.7 Å². The minimum absolute atomic E-state index is 0.124. The summed E-state index contributed by atoms with van der Waals surface area (Å²) in [4.78, 5) is 23.0. The van der Waals surface area contributed by atoms with E-state index < -0.39 is 5.91 Å². The number of benzene rings is 2. The van der Waals surface area contributed by atoms with Crippen molar-refractivity contribution >= 4 is 29.1 Å². The fourth-order valence-corrected chi connectivity index (χ4v) is 2.23. The second-order valence-electron chi connectivity index (χ2n) is 4.89. The molecule has 2 amide bonds. The highest BCUT2D eigenvalue weighted by molar-refractivity contribution is 6.34. The smallest absolute Gasteiger partial charge is 0.262 e. The predicted molar refractivity (Wildman–Crippen MR) is 89.9 cm³/mol. The van der Waals surface area contributed by atoms with E-state index in [9.17, 15) is 9.59 Å². The Balaban J connectivity index is 1.91. The summed E-state index contributed by atoms with van der Waals surface area (Å²) >= 11 is 5.93. The number of anilines is 1. The summed E-state index contributed by atoms with van der Waals surface area (Å²) in [5, 5.41) is 2.83. The topological polar surface area (TPSA) is 81.4 Å². The van der Waals surface area contributed by atoms with Gasteiger partial charge in [0.2, 0.25) is 5.91 Å². The Morgan fingerprint density at radius 3 is 2.43 bits per heavy atom. The second kappa shape index (κ2) is 7.65. The highest BCUT2D eigenvalue weighted by Crippen LogP contribution is 2.20. The molecule has 0 aliphatic rings. The highest BCUT2D eigenvalue weighted by Gasteiger charge is 2.09. The summed E-state index contributed by atoms with van der Waals surface area (Å²) in [6.07, 6.45) is 0.947. The van der Waals surface area contributed by atoms with Crippen LogP contribution >= 0.6 is 11.6 Å². The Kier molecular flexibility index (Phi) is 5.60. The zero-order chi connectivity index (χ0) is 16.8. The third-order valence-corrected chi connectivity index (χ3v) is 3.53. The van der Waals surface area contributed by atoms with Gasteiger partial charge in [-0.1, -0.05) is 30.7 Å². The molecule has 120 valence electrons. The normalized spacial score (nSPS) is 10.2. The number of primary amides is 1. The first-order chi connectivity index (χ1) is 11.0. The van der Waals surface area contributed by atoms with Gasteiger partial charge in [0.05, 0.1) is 10.6 Å². The van der Waals surface area contributed by atoms with Crippen LogP contribution in [0.2, 0.25) is 5.02 Å². The number of ether oxygens (including phenoxy) is 1. The average Bonchev–Trinajstić information content (AvgIpc) is 2.53. The van der Waals surface area contributed by atoms with Crippen molar-refractivity contribution in [1.29, 1.82) is 0 Å². The number of rotatable bonds is 6. The van der Waals surface area contributed by atoms with Gasteiger partial charge >= 0.3 is 0 Å². The SMILES string of the molecule is CCc1ccc(OCC(=O)Nc2ccc(C(N)=O)c(Cl)c2)cc1. The van der Waals surface area contributed by atoms with Crippen molar-refractivity contribution in [1.82, 2.24) is 0 Å². The van der Waals surface area contributed by atoms with E-state index >= 15 is 0 Å². The summed E-state index contributed by atoms with van der Waals surface area (Å²) in [5.74, 6) is -0.321. The summed E-state index contributed by atoms with van der Waals surface area (Å²) in [6, 6.07) is 12.0. The third kappa shape index (κ3) is 4.72. The Labute approximate surface area is 139 Å². The fraction of sp³-hybridized carbons (Fsp3) is 0.176. The summed E-state index contributed by atoms with van der Waals surface area (Å²) in [5.41, 5.74) is 7.04. The van der Waals surface area contributed by atoms with Crippen molar-refractivity contribution in [3.63, 3.8) is 0 Å². The Morgan fingerprint density at radius 2 is 1.87 bits per heavy atom. The first-order valence-electron chi connectivity index (χ1n) is 7.10. The zero-order valence-corrected chi connectivity index (χ0v) is 13.4. The lowest BCUT2D eigenvalue weighted by molar-refractivity contribution is -0.118. The Bertz CT molecular complexity index is 714. The van der Waals surface area contributed by atoms with Crippen LogP contribution in [0, 0.1) is 0 Å². The molecule has 0 aliphatic carbocycles. The van der Waals surface area contributed by atoms with Crippen molar-refractivity contribution in [2.45, 2.75) is 13.3 Å². The molecule has 5 nitrogen and oxygen atoms in total. The molecule has 2 aromatic rings.